The number of aromatic nitrogens is 3. The van der Waals surface area contributed by atoms with Crippen LogP contribution in [-0.2, 0) is 16.3 Å². The fraction of sp³-hybridized carbons (Fsp3) is 0.276. The van der Waals surface area contributed by atoms with Gasteiger partial charge in [0, 0.05) is 24.9 Å². The Balaban J connectivity index is 1.89. The van der Waals surface area contributed by atoms with Crippen LogP contribution >= 0.6 is 0 Å². The molecule has 0 saturated heterocycles. The molecule has 0 saturated carbocycles. The second-order valence-corrected chi connectivity index (χ2v) is 11.2. The van der Waals surface area contributed by atoms with Crippen LogP contribution in [0.1, 0.15) is 56.1 Å². The van der Waals surface area contributed by atoms with Gasteiger partial charge in [-0.1, -0.05) is 32.4 Å². The molecular weight excluding hydrogens is 524 g/mol. The van der Waals surface area contributed by atoms with Gasteiger partial charge in [-0.2, -0.15) is 4.98 Å². The smallest absolute Gasteiger partial charge is 0.296 e. The molecule has 7 nitrogen and oxygen atoms in total. The normalized spacial score (nSPS) is 12.4. The van der Waals surface area contributed by atoms with Crippen molar-refractivity contribution >= 4 is 9.84 Å². The maximum Gasteiger partial charge on any atom is 0.296 e. The average molecular weight is 554 g/mol. The van der Waals surface area contributed by atoms with Crippen LogP contribution in [0.4, 0.5) is 8.78 Å². The molecular formula is C29H29F2N3O4S. The lowest BCUT2D eigenvalue weighted by Crippen LogP contribution is -2.27. The van der Waals surface area contributed by atoms with E-state index in [1.54, 1.807) is 31.5 Å². The lowest BCUT2D eigenvalue weighted by molar-refractivity contribution is 0.357. The molecule has 0 aliphatic rings. The van der Waals surface area contributed by atoms with Crippen molar-refractivity contribution in [2.75, 3.05) is 0 Å². The number of sulfone groups is 1. The van der Waals surface area contributed by atoms with Gasteiger partial charge in [0.05, 0.1) is 10.9 Å². The molecule has 2 aromatic heterocycles. The van der Waals surface area contributed by atoms with Crippen LogP contribution in [0.5, 0.6) is 5.88 Å². The Morgan fingerprint density at radius 1 is 1.03 bits per heavy atom. The summed E-state index contributed by atoms with van der Waals surface area (Å²) in [6.07, 6.45) is 5.16. The zero-order valence-corrected chi connectivity index (χ0v) is 22.7. The molecule has 0 fully saturated rings. The van der Waals surface area contributed by atoms with Crippen molar-refractivity contribution in [3.8, 4) is 17.0 Å². The Labute approximate surface area is 225 Å². The molecule has 0 aliphatic heterocycles. The third kappa shape index (κ3) is 5.61. The summed E-state index contributed by atoms with van der Waals surface area (Å²) in [4.78, 5) is 20.1. The van der Waals surface area contributed by atoms with E-state index < -0.39 is 43.8 Å². The zero-order chi connectivity index (χ0) is 28.3. The van der Waals surface area contributed by atoms with E-state index in [4.69, 9.17) is 0 Å². The van der Waals surface area contributed by atoms with Crippen LogP contribution in [0.2, 0.25) is 0 Å². The van der Waals surface area contributed by atoms with E-state index in [1.165, 1.54) is 16.7 Å². The first-order chi connectivity index (χ1) is 18.6. The Bertz CT molecular complexity index is 1650. The number of hydrogen-bond donors (Lipinski definition) is 1. The fourth-order valence-corrected chi connectivity index (χ4v) is 6.03. The Hall–Kier alpha value is -3.92. The lowest BCUT2D eigenvalue weighted by atomic mass is 10.0. The molecule has 4 rings (SSSR count). The van der Waals surface area contributed by atoms with Gasteiger partial charge in [0.1, 0.15) is 17.5 Å². The number of halogens is 2. The van der Waals surface area contributed by atoms with Crippen LogP contribution in [0.3, 0.4) is 0 Å². The Morgan fingerprint density at radius 2 is 1.69 bits per heavy atom. The molecule has 1 unspecified atom stereocenters. The minimum atomic E-state index is -4.52. The van der Waals surface area contributed by atoms with E-state index >= 15 is 0 Å². The van der Waals surface area contributed by atoms with E-state index in [2.05, 4.69) is 9.97 Å². The average Bonchev–Trinajstić information content (AvgIpc) is 2.89. The molecule has 2 aromatic carbocycles. The molecule has 204 valence electrons. The summed E-state index contributed by atoms with van der Waals surface area (Å²) in [7, 11) is -4.52. The molecule has 0 amide bonds. The highest BCUT2D eigenvalue weighted by Crippen LogP contribution is 2.34. The monoisotopic (exact) mass is 553 g/mol. The summed E-state index contributed by atoms with van der Waals surface area (Å²) < 4.78 is 56.8. The van der Waals surface area contributed by atoms with Crippen molar-refractivity contribution in [3.63, 3.8) is 0 Å². The largest absolute Gasteiger partial charge is 0.493 e. The molecule has 10 heteroatoms. The van der Waals surface area contributed by atoms with Crippen molar-refractivity contribution in [3.05, 3.63) is 99.9 Å². The maximum atomic E-state index is 14.1. The molecule has 1 atom stereocenters. The van der Waals surface area contributed by atoms with Crippen molar-refractivity contribution < 1.29 is 22.3 Å². The van der Waals surface area contributed by atoms with Gasteiger partial charge in [-0.25, -0.2) is 17.2 Å². The number of nitrogens with zero attached hydrogens (tertiary/aromatic N) is 3. The standard InChI is InChI=1S/C29H29F2N3O4S/c1-4-6-7-26-33-28(35)27(29(36)34(26)25(5-2)20-14-21(30)16-22(31)15-20)39(37,38)23-10-8-19(9-11-23)24-12-13-32-17-18(24)3/h8-17,25,36H,4-7H2,1-3H3. The highest BCUT2D eigenvalue weighted by Gasteiger charge is 2.32. The minimum Gasteiger partial charge on any atom is -0.493 e. The van der Waals surface area contributed by atoms with Crippen LogP contribution in [0, 0.1) is 18.6 Å². The predicted molar refractivity (Wildman–Crippen MR) is 143 cm³/mol. The lowest BCUT2D eigenvalue weighted by Gasteiger charge is -2.25. The highest BCUT2D eigenvalue weighted by atomic mass is 32.2. The Morgan fingerprint density at radius 3 is 2.28 bits per heavy atom. The van der Waals surface area contributed by atoms with Gasteiger partial charge in [-0.15, -0.1) is 0 Å². The first-order valence-corrected chi connectivity index (χ1v) is 14.1. The second kappa shape index (κ2) is 11.4. The van der Waals surface area contributed by atoms with Gasteiger partial charge in [0.25, 0.3) is 5.56 Å². The first kappa shape index (κ1) is 28.1. The SMILES string of the molecule is CCCCc1nc(=O)c(S(=O)(=O)c2ccc(-c3ccncc3C)cc2)c(O)n1C(CC)c1cc(F)cc(F)c1. The quantitative estimate of drug-likeness (QED) is 0.282. The van der Waals surface area contributed by atoms with E-state index in [9.17, 15) is 27.1 Å². The van der Waals surface area contributed by atoms with Crippen LogP contribution in [-0.4, -0.2) is 28.1 Å². The summed E-state index contributed by atoms with van der Waals surface area (Å²) in [5, 5.41) is 11.4. The molecule has 0 bridgehead atoms. The van der Waals surface area contributed by atoms with Crippen molar-refractivity contribution in [2.24, 2.45) is 0 Å². The van der Waals surface area contributed by atoms with Gasteiger partial charge in [0.2, 0.25) is 15.7 Å². The molecule has 39 heavy (non-hydrogen) atoms. The summed E-state index contributed by atoms with van der Waals surface area (Å²) in [5.41, 5.74) is 1.61. The van der Waals surface area contributed by atoms with Gasteiger partial charge >= 0.3 is 0 Å². The number of unbranched alkanes of at least 4 members (excludes halogenated alkanes) is 1. The number of benzene rings is 2. The van der Waals surface area contributed by atoms with E-state index in [0.717, 1.165) is 41.3 Å². The van der Waals surface area contributed by atoms with Crippen molar-refractivity contribution in [2.45, 2.75) is 62.3 Å². The van der Waals surface area contributed by atoms with Crippen LogP contribution in [0.15, 0.2) is 75.5 Å². The van der Waals surface area contributed by atoms with Crippen LogP contribution < -0.4 is 5.56 Å². The van der Waals surface area contributed by atoms with E-state index in [0.29, 0.717) is 6.42 Å². The summed E-state index contributed by atoms with van der Waals surface area (Å²) >= 11 is 0. The topological polar surface area (TPSA) is 102 Å². The number of aromatic hydroxyl groups is 1. The second-order valence-electron chi connectivity index (χ2n) is 9.30. The fourth-order valence-electron chi connectivity index (χ4n) is 4.69. The number of hydrogen-bond acceptors (Lipinski definition) is 6. The highest BCUT2D eigenvalue weighted by molar-refractivity contribution is 7.91. The summed E-state index contributed by atoms with van der Waals surface area (Å²) in [6, 6.07) is 9.83. The first-order valence-electron chi connectivity index (χ1n) is 12.6. The minimum absolute atomic E-state index is 0.137. The molecule has 2 heterocycles. The maximum absolute atomic E-state index is 14.1. The molecule has 4 aromatic rings. The number of rotatable bonds is 9. The van der Waals surface area contributed by atoms with Crippen LogP contribution in [0.25, 0.3) is 11.1 Å². The van der Waals surface area contributed by atoms with Gasteiger partial charge in [-0.3, -0.25) is 14.3 Å². The third-order valence-electron chi connectivity index (χ3n) is 6.62. The van der Waals surface area contributed by atoms with Gasteiger partial charge < -0.3 is 5.11 Å². The number of pyridine rings is 1. The molecule has 0 spiro atoms. The summed E-state index contributed by atoms with van der Waals surface area (Å²) in [6.45, 7) is 5.54. The van der Waals surface area contributed by atoms with Crippen molar-refractivity contribution in [1.29, 1.82) is 0 Å². The van der Waals surface area contributed by atoms with Gasteiger partial charge in [0.15, 0.2) is 4.90 Å². The summed E-state index contributed by atoms with van der Waals surface area (Å²) in [5.74, 6) is -2.31. The van der Waals surface area contributed by atoms with E-state index in [-0.39, 0.29) is 29.1 Å². The predicted octanol–water partition coefficient (Wildman–Crippen LogP) is 5.77. The molecule has 1 N–H and O–H groups in total. The molecule has 0 aliphatic carbocycles. The molecule has 0 radical (unpaired) electrons. The number of aryl methyl sites for hydroxylation is 2. The Kier molecular flexibility index (Phi) is 8.25. The zero-order valence-electron chi connectivity index (χ0n) is 21.9. The van der Waals surface area contributed by atoms with E-state index in [1.807, 2.05) is 19.9 Å². The van der Waals surface area contributed by atoms with Crippen molar-refractivity contribution in [1.82, 2.24) is 14.5 Å². The third-order valence-corrected chi connectivity index (χ3v) is 8.41. The van der Waals surface area contributed by atoms with Gasteiger partial charge in [-0.05, 0) is 72.4 Å².